The van der Waals surface area contributed by atoms with Crippen LogP contribution in [0.2, 0.25) is 0 Å². The fraction of sp³-hybridized carbons (Fsp3) is 0.111. The maximum absolute atomic E-state index is 2.31. The third-order valence-electron chi connectivity index (χ3n) is 5.46. The minimum absolute atomic E-state index is 1.01. The lowest BCUT2D eigenvalue weighted by molar-refractivity contribution is 1.13. The van der Waals surface area contributed by atoms with Crippen molar-refractivity contribution in [3.8, 4) is 0 Å². The highest BCUT2D eigenvalue weighted by molar-refractivity contribution is 7.95. The Bertz CT molecular complexity index is 929. The maximum Gasteiger partial charge on any atom is 0.116 e. The summed E-state index contributed by atoms with van der Waals surface area (Å²) < 4.78 is 0. The van der Waals surface area contributed by atoms with Gasteiger partial charge in [0.05, 0.1) is 6.16 Å². The van der Waals surface area contributed by atoms with Gasteiger partial charge in [0, 0.05) is 19.8 Å². The van der Waals surface area contributed by atoms with E-state index in [1.165, 1.54) is 27.2 Å². The van der Waals surface area contributed by atoms with Crippen LogP contribution in [0.25, 0.3) is 0 Å². The lowest BCUT2D eigenvalue weighted by atomic mass is 10.2. The molecule has 1 nitrogen and oxygen atoms in total. The van der Waals surface area contributed by atoms with E-state index in [-0.39, 0.29) is 0 Å². The van der Waals surface area contributed by atoms with Gasteiger partial charge in [-0.05, 0) is 54.1 Å². The fourth-order valence-electron chi connectivity index (χ4n) is 3.94. The molecule has 0 aliphatic rings. The number of hydrogen-bond acceptors (Lipinski definition) is 1. The predicted octanol–water partition coefficient (Wildman–Crippen LogP) is 5.25. The van der Waals surface area contributed by atoms with E-state index in [1.807, 2.05) is 0 Å². The zero-order chi connectivity index (χ0) is 20.1. The Labute approximate surface area is 175 Å². The average molecular weight is 396 g/mol. The van der Waals surface area contributed by atoms with Crippen LogP contribution in [-0.2, 0) is 6.16 Å². The van der Waals surface area contributed by atoms with E-state index in [9.17, 15) is 0 Å². The van der Waals surface area contributed by atoms with Gasteiger partial charge in [-0.2, -0.15) is 0 Å². The first kappa shape index (κ1) is 19.4. The molecule has 4 rings (SSSR count). The van der Waals surface area contributed by atoms with Crippen molar-refractivity contribution < 1.29 is 0 Å². The van der Waals surface area contributed by atoms with E-state index in [0.29, 0.717) is 0 Å². The summed E-state index contributed by atoms with van der Waals surface area (Å²) in [7, 11) is 2.35. The van der Waals surface area contributed by atoms with E-state index in [1.54, 1.807) is 0 Å². The van der Waals surface area contributed by atoms with Crippen molar-refractivity contribution in [1.82, 2.24) is 0 Å². The van der Waals surface area contributed by atoms with Crippen molar-refractivity contribution in [1.29, 1.82) is 0 Å². The lowest BCUT2D eigenvalue weighted by Gasteiger charge is -2.28. The molecule has 0 aromatic heterocycles. The normalized spacial score (nSPS) is 11.2. The molecule has 0 saturated carbocycles. The molecule has 0 bridgehead atoms. The number of rotatable bonds is 6. The standard InChI is InChI=1S/C27H27NP/c1-28(2)24-20-18-23(19-21-24)22-29(25-12-6-3-7-13-25,26-14-8-4-9-15-26)27-16-10-5-11-17-27/h3-21H,22H2,1-2H3/q+1. The average Bonchev–Trinajstić information content (AvgIpc) is 2.79. The summed E-state index contributed by atoms with van der Waals surface area (Å²) in [6.07, 6.45) is 1.01. The van der Waals surface area contributed by atoms with Gasteiger partial charge in [0.1, 0.15) is 23.2 Å². The first-order valence-corrected chi connectivity index (χ1v) is 12.0. The molecular formula is C27H27NP+. The van der Waals surface area contributed by atoms with E-state index in [0.717, 1.165) is 6.16 Å². The smallest absolute Gasteiger partial charge is 0.116 e. The summed E-state index contributed by atoms with van der Waals surface area (Å²) in [5, 5.41) is 4.28. The Morgan fingerprint density at radius 3 is 1.24 bits per heavy atom. The molecule has 4 aromatic carbocycles. The number of nitrogens with zero attached hydrogens (tertiary/aromatic N) is 1. The molecule has 0 heterocycles. The van der Waals surface area contributed by atoms with Crippen LogP contribution in [0.4, 0.5) is 5.69 Å². The Kier molecular flexibility index (Phi) is 5.79. The van der Waals surface area contributed by atoms with E-state index in [2.05, 4.69) is 134 Å². The zero-order valence-electron chi connectivity index (χ0n) is 17.1. The molecule has 0 saturated heterocycles. The molecular weight excluding hydrogens is 369 g/mol. The SMILES string of the molecule is CN(C)c1ccc(C[P+](c2ccccc2)(c2ccccc2)c2ccccc2)cc1. The number of hydrogen-bond donors (Lipinski definition) is 0. The second kappa shape index (κ2) is 8.64. The van der Waals surface area contributed by atoms with Crippen LogP contribution in [0.15, 0.2) is 115 Å². The van der Waals surface area contributed by atoms with Crippen LogP contribution < -0.4 is 20.8 Å². The summed E-state index contributed by atoms with van der Waals surface area (Å²) in [6, 6.07) is 42.2. The molecule has 2 heteroatoms. The molecule has 4 aromatic rings. The molecule has 29 heavy (non-hydrogen) atoms. The first-order valence-electron chi connectivity index (χ1n) is 10.0. The number of anilines is 1. The molecule has 144 valence electrons. The third-order valence-corrected chi connectivity index (χ3v) is 9.84. The van der Waals surface area contributed by atoms with Crippen LogP contribution in [-0.4, -0.2) is 14.1 Å². The van der Waals surface area contributed by atoms with Crippen molar-refractivity contribution in [2.45, 2.75) is 6.16 Å². The molecule has 0 N–H and O–H groups in total. The van der Waals surface area contributed by atoms with E-state index < -0.39 is 7.26 Å². The largest absolute Gasteiger partial charge is 0.378 e. The summed E-state index contributed by atoms with van der Waals surface area (Å²) in [5.41, 5.74) is 2.61. The summed E-state index contributed by atoms with van der Waals surface area (Å²) in [6.45, 7) is 0. The summed E-state index contributed by atoms with van der Waals surface area (Å²) in [4.78, 5) is 2.15. The fourth-order valence-corrected chi connectivity index (χ4v) is 8.19. The van der Waals surface area contributed by atoms with Gasteiger partial charge in [0.15, 0.2) is 0 Å². The highest BCUT2D eigenvalue weighted by Gasteiger charge is 2.45. The Morgan fingerprint density at radius 1 is 0.517 bits per heavy atom. The van der Waals surface area contributed by atoms with Crippen LogP contribution in [0, 0.1) is 0 Å². The van der Waals surface area contributed by atoms with Gasteiger partial charge in [-0.25, -0.2) is 0 Å². The third kappa shape index (κ3) is 3.97. The first-order chi connectivity index (χ1) is 14.2. The second-order valence-electron chi connectivity index (χ2n) is 7.54. The van der Waals surface area contributed by atoms with E-state index in [4.69, 9.17) is 0 Å². The van der Waals surface area contributed by atoms with Crippen molar-refractivity contribution in [3.05, 3.63) is 121 Å². The van der Waals surface area contributed by atoms with Gasteiger partial charge in [-0.15, -0.1) is 0 Å². The molecule has 0 unspecified atom stereocenters. The molecule has 0 aliphatic heterocycles. The summed E-state index contributed by atoms with van der Waals surface area (Å²) >= 11 is 0. The van der Waals surface area contributed by atoms with Gasteiger partial charge >= 0.3 is 0 Å². The molecule has 0 aliphatic carbocycles. The van der Waals surface area contributed by atoms with Gasteiger partial charge in [-0.1, -0.05) is 66.7 Å². The summed E-state index contributed by atoms with van der Waals surface area (Å²) in [5.74, 6) is 0. The lowest BCUT2D eigenvalue weighted by Crippen LogP contribution is -2.32. The minimum Gasteiger partial charge on any atom is -0.378 e. The van der Waals surface area contributed by atoms with Crippen molar-refractivity contribution in [2.24, 2.45) is 0 Å². The van der Waals surface area contributed by atoms with Crippen LogP contribution >= 0.6 is 7.26 Å². The number of benzene rings is 4. The van der Waals surface area contributed by atoms with Gasteiger partial charge < -0.3 is 4.90 Å². The van der Waals surface area contributed by atoms with Crippen LogP contribution in [0.3, 0.4) is 0 Å². The highest BCUT2D eigenvalue weighted by atomic mass is 31.2. The van der Waals surface area contributed by atoms with Gasteiger partial charge in [-0.3, -0.25) is 0 Å². The topological polar surface area (TPSA) is 3.24 Å². The van der Waals surface area contributed by atoms with Gasteiger partial charge in [0.25, 0.3) is 0 Å². The predicted molar refractivity (Wildman–Crippen MR) is 130 cm³/mol. The molecule has 0 fully saturated rings. The van der Waals surface area contributed by atoms with Crippen LogP contribution in [0.1, 0.15) is 5.56 Å². The van der Waals surface area contributed by atoms with E-state index >= 15 is 0 Å². The Hall–Kier alpha value is -2.89. The molecule has 0 atom stereocenters. The Balaban J connectivity index is 1.92. The highest BCUT2D eigenvalue weighted by Crippen LogP contribution is 2.58. The van der Waals surface area contributed by atoms with Crippen molar-refractivity contribution >= 4 is 28.9 Å². The van der Waals surface area contributed by atoms with Crippen LogP contribution in [0.5, 0.6) is 0 Å². The maximum atomic E-state index is 2.31. The molecule has 0 spiro atoms. The second-order valence-corrected chi connectivity index (χ2v) is 11.0. The monoisotopic (exact) mass is 396 g/mol. The molecule has 0 amide bonds. The quantitative estimate of drug-likeness (QED) is 0.403. The minimum atomic E-state index is -1.83. The van der Waals surface area contributed by atoms with Crippen molar-refractivity contribution in [2.75, 3.05) is 19.0 Å². The van der Waals surface area contributed by atoms with Crippen molar-refractivity contribution in [3.63, 3.8) is 0 Å². The molecule has 0 radical (unpaired) electrons. The van der Waals surface area contributed by atoms with Gasteiger partial charge in [0.2, 0.25) is 0 Å². The Morgan fingerprint density at radius 2 is 0.897 bits per heavy atom. The zero-order valence-corrected chi connectivity index (χ0v) is 18.0.